The van der Waals surface area contributed by atoms with Crippen molar-refractivity contribution < 1.29 is 14.3 Å². The van der Waals surface area contributed by atoms with E-state index in [0.717, 1.165) is 38.0 Å². The molecule has 0 saturated carbocycles. The van der Waals surface area contributed by atoms with E-state index in [1.807, 2.05) is 30.3 Å². The molecule has 0 unspecified atom stereocenters. The summed E-state index contributed by atoms with van der Waals surface area (Å²) in [6, 6.07) is 9.67. The molecular weight excluding hydrogens is 268 g/mol. The highest BCUT2D eigenvalue weighted by molar-refractivity contribution is 5.78. The van der Waals surface area contributed by atoms with Crippen molar-refractivity contribution in [3.63, 3.8) is 0 Å². The zero-order valence-corrected chi connectivity index (χ0v) is 12.2. The van der Waals surface area contributed by atoms with Crippen molar-refractivity contribution in [3.05, 3.63) is 35.9 Å². The Hall–Kier alpha value is -1.88. The van der Waals surface area contributed by atoms with Gasteiger partial charge in [0.15, 0.2) is 0 Å². The Bertz CT molecular complexity index is 462. The quantitative estimate of drug-likeness (QED) is 0.608. The van der Waals surface area contributed by atoms with E-state index in [-0.39, 0.29) is 11.9 Å². The standard InChI is InChI=1S/C16H22N2O3/c19-15-12-18(11-9-17-15)10-5-4-8-16(20)21-13-14-6-2-1-3-7-14/h1-3,6-7H,4-5,8-13H2,(H,17,19). The molecule has 0 spiro atoms. The Balaban J connectivity index is 1.54. The van der Waals surface area contributed by atoms with Gasteiger partial charge in [0.05, 0.1) is 6.54 Å². The zero-order chi connectivity index (χ0) is 14.9. The van der Waals surface area contributed by atoms with Crippen molar-refractivity contribution in [2.45, 2.75) is 25.9 Å². The number of carbonyl (C=O) groups excluding carboxylic acids is 2. The molecule has 1 saturated heterocycles. The van der Waals surface area contributed by atoms with Crippen molar-refractivity contribution in [3.8, 4) is 0 Å². The van der Waals surface area contributed by atoms with Crippen LogP contribution in [0.3, 0.4) is 0 Å². The van der Waals surface area contributed by atoms with E-state index >= 15 is 0 Å². The highest BCUT2D eigenvalue weighted by Crippen LogP contribution is 2.05. The number of amides is 1. The number of hydrogen-bond donors (Lipinski definition) is 1. The van der Waals surface area contributed by atoms with Crippen LogP contribution in [0.15, 0.2) is 30.3 Å². The molecule has 1 fully saturated rings. The molecule has 0 atom stereocenters. The number of nitrogens with one attached hydrogen (secondary N) is 1. The van der Waals surface area contributed by atoms with Gasteiger partial charge in [-0.1, -0.05) is 30.3 Å². The molecule has 1 amide bonds. The van der Waals surface area contributed by atoms with Crippen LogP contribution in [0, 0.1) is 0 Å². The minimum absolute atomic E-state index is 0.0866. The van der Waals surface area contributed by atoms with Crippen LogP contribution in [0.1, 0.15) is 24.8 Å². The molecule has 0 aromatic heterocycles. The number of ether oxygens (including phenoxy) is 1. The maximum atomic E-state index is 11.6. The predicted octanol–water partition coefficient (Wildman–Crippen LogP) is 1.33. The summed E-state index contributed by atoms with van der Waals surface area (Å²) in [6.45, 7) is 3.28. The van der Waals surface area contributed by atoms with Gasteiger partial charge < -0.3 is 10.1 Å². The van der Waals surface area contributed by atoms with Crippen LogP contribution in [0.25, 0.3) is 0 Å². The SMILES string of the molecule is O=C1CN(CCCCC(=O)OCc2ccccc2)CCN1. The molecule has 1 aromatic carbocycles. The molecule has 5 heteroatoms. The molecule has 21 heavy (non-hydrogen) atoms. The van der Waals surface area contributed by atoms with Crippen LogP contribution in [0.2, 0.25) is 0 Å². The highest BCUT2D eigenvalue weighted by Gasteiger charge is 2.15. The van der Waals surface area contributed by atoms with Crippen LogP contribution < -0.4 is 5.32 Å². The minimum atomic E-state index is -0.157. The van der Waals surface area contributed by atoms with Crippen molar-refractivity contribution in [1.82, 2.24) is 10.2 Å². The van der Waals surface area contributed by atoms with E-state index in [9.17, 15) is 9.59 Å². The molecule has 2 rings (SSSR count). The zero-order valence-electron chi connectivity index (χ0n) is 12.2. The molecule has 0 radical (unpaired) electrons. The summed E-state index contributed by atoms with van der Waals surface area (Å²) >= 11 is 0. The maximum Gasteiger partial charge on any atom is 0.306 e. The van der Waals surface area contributed by atoms with Gasteiger partial charge in [-0.3, -0.25) is 14.5 Å². The van der Waals surface area contributed by atoms with Gasteiger partial charge in [0.2, 0.25) is 5.91 Å². The van der Waals surface area contributed by atoms with E-state index in [1.165, 1.54) is 0 Å². The fraction of sp³-hybridized carbons (Fsp3) is 0.500. The normalized spacial score (nSPS) is 15.5. The number of rotatable bonds is 7. The molecular formula is C16H22N2O3. The van der Waals surface area contributed by atoms with Crippen molar-refractivity contribution >= 4 is 11.9 Å². The molecule has 1 heterocycles. The van der Waals surface area contributed by atoms with Crippen LogP contribution in [0.4, 0.5) is 0 Å². The van der Waals surface area contributed by atoms with E-state index in [0.29, 0.717) is 19.6 Å². The smallest absolute Gasteiger partial charge is 0.306 e. The number of carbonyl (C=O) groups is 2. The fourth-order valence-corrected chi connectivity index (χ4v) is 2.30. The lowest BCUT2D eigenvalue weighted by Crippen LogP contribution is -2.47. The molecule has 0 aliphatic carbocycles. The second-order valence-electron chi connectivity index (χ2n) is 5.23. The summed E-state index contributed by atoms with van der Waals surface area (Å²) in [5.74, 6) is -0.0706. The monoisotopic (exact) mass is 290 g/mol. The first-order valence-corrected chi connectivity index (χ1v) is 7.42. The summed E-state index contributed by atoms with van der Waals surface area (Å²) in [5, 5.41) is 2.80. The summed E-state index contributed by atoms with van der Waals surface area (Å²) < 4.78 is 5.22. The van der Waals surface area contributed by atoms with Crippen molar-refractivity contribution in [2.24, 2.45) is 0 Å². The summed E-state index contributed by atoms with van der Waals surface area (Å²) in [4.78, 5) is 24.9. The molecule has 114 valence electrons. The average molecular weight is 290 g/mol. The fourth-order valence-electron chi connectivity index (χ4n) is 2.30. The first-order chi connectivity index (χ1) is 10.2. The average Bonchev–Trinajstić information content (AvgIpc) is 2.51. The highest BCUT2D eigenvalue weighted by atomic mass is 16.5. The lowest BCUT2D eigenvalue weighted by molar-refractivity contribution is -0.145. The number of nitrogens with zero attached hydrogens (tertiary/aromatic N) is 1. The van der Waals surface area contributed by atoms with Crippen LogP contribution in [-0.4, -0.2) is 43.0 Å². The van der Waals surface area contributed by atoms with Gasteiger partial charge in [0, 0.05) is 19.5 Å². The molecule has 1 N–H and O–H groups in total. The summed E-state index contributed by atoms with van der Waals surface area (Å²) in [6.07, 6.45) is 2.15. The van der Waals surface area contributed by atoms with Gasteiger partial charge in [0.1, 0.15) is 6.61 Å². The topological polar surface area (TPSA) is 58.6 Å². The second-order valence-corrected chi connectivity index (χ2v) is 5.23. The molecule has 1 aromatic rings. The maximum absolute atomic E-state index is 11.6. The summed E-state index contributed by atoms with van der Waals surface area (Å²) in [5.41, 5.74) is 1.00. The Kier molecular flexibility index (Phi) is 6.22. The number of piperazine rings is 1. The minimum Gasteiger partial charge on any atom is -0.461 e. The van der Waals surface area contributed by atoms with Crippen LogP contribution >= 0.6 is 0 Å². The third-order valence-corrected chi connectivity index (χ3v) is 3.47. The third kappa shape index (κ3) is 5.95. The largest absolute Gasteiger partial charge is 0.461 e. The Morgan fingerprint density at radius 2 is 2.05 bits per heavy atom. The lowest BCUT2D eigenvalue weighted by atomic mass is 10.2. The van der Waals surface area contributed by atoms with Crippen LogP contribution in [-0.2, 0) is 20.9 Å². The molecule has 1 aliphatic heterocycles. The number of esters is 1. The van der Waals surface area contributed by atoms with E-state index in [1.54, 1.807) is 0 Å². The number of unbranched alkanes of at least 4 members (excludes halogenated alkanes) is 1. The Morgan fingerprint density at radius 3 is 2.81 bits per heavy atom. The molecule has 1 aliphatic rings. The summed E-state index contributed by atoms with van der Waals surface area (Å²) in [7, 11) is 0. The number of benzene rings is 1. The van der Waals surface area contributed by atoms with Gasteiger partial charge in [-0.25, -0.2) is 0 Å². The van der Waals surface area contributed by atoms with E-state index in [2.05, 4.69) is 10.2 Å². The first-order valence-electron chi connectivity index (χ1n) is 7.42. The van der Waals surface area contributed by atoms with E-state index < -0.39 is 0 Å². The Morgan fingerprint density at radius 1 is 1.24 bits per heavy atom. The molecule has 0 bridgehead atoms. The number of hydrogen-bond acceptors (Lipinski definition) is 4. The second kappa shape index (κ2) is 8.42. The van der Waals surface area contributed by atoms with Gasteiger partial charge in [-0.05, 0) is 24.9 Å². The van der Waals surface area contributed by atoms with Gasteiger partial charge >= 0.3 is 5.97 Å². The Labute approximate surface area is 125 Å². The van der Waals surface area contributed by atoms with Crippen molar-refractivity contribution in [2.75, 3.05) is 26.2 Å². The van der Waals surface area contributed by atoms with Gasteiger partial charge in [0.25, 0.3) is 0 Å². The van der Waals surface area contributed by atoms with Crippen LogP contribution in [0.5, 0.6) is 0 Å². The molecule has 5 nitrogen and oxygen atoms in total. The first kappa shape index (κ1) is 15.5. The lowest BCUT2D eigenvalue weighted by Gasteiger charge is -2.26. The predicted molar refractivity (Wildman–Crippen MR) is 79.5 cm³/mol. The van der Waals surface area contributed by atoms with E-state index in [4.69, 9.17) is 4.74 Å². The van der Waals surface area contributed by atoms with Gasteiger partial charge in [-0.2, -0.15) is 0 Å². The third-order valence-electron chi connectivity index (χ3n) is 3.47. The van der Waals surface area contributed by atoms with Crippen molar-refractivity contribution in [1.29, 1.82) is 0 Å². The van der Waals surface area contributed by atoms with Gasteiger partial charge in [-0.15, -0.1) is 0 Å².